The van der Waals surface area contributed by atoms with Crippen molar-refractivity contribution in [1.29, 1.82) is 0 Å². The molecule has 0 radical (unpaired) electrons. The van der Waals surface area contributed by atoms with Gasteiger partial charge in [-0.3, -0.25) is 4.98 Å². The number of rotatable bonds is 2. The molecule has 1 amide bonds. The average Bonchev–Trinajstić information content (AvgIpc) is 2.86. The van der Waals surface area contributed by atoms with E-state index in [1.807, 2.05) is 32.9 Å². The minimum absolute atomic E-state index is 0.0592. The number of aromatic nitrogens is 1. The van der Waals surface area contributed by atoms with Crippen molar-refractivity contribution < 1.29 is 14.6 Å². The highest BCUT2D eigenvalue weighted by molar-refractivity contribution is 5.68. The lowest BCUT2D eigenvalue weighted by molar-refractivity contribution is 0.0292. The maximum atomic E-state index is 12.0. The Morgan fingerprint density at radius 3 is 2.90 bits per heavy atom. The molecule has 1 aliphatic heterocycles. The number of pyridine rings is 1. The first-order valence-electron chi connectivity index (χ1n) is 6.93. The fourth-order valence-corrected chi connectivity index (χ4v) is 2.31. The van der Waals surface area contributed by atoms with Crippen LogP contribution in [0.3, 0.4) is 0 Å². The predicted octanol–water partition coefficient (Wildman–Crippen LogP) is 2.30. The van der Waals surface area contributed by atoms with Crippen molar-refractivity contribution in [2.75, 3.05) is 13.1 Å². The number of aliphatic hydroxyl groups excluding tert-OH is 1. The molecule has 1 aromatic heterocycles. The Hall–Kier alpha value is -1.62. The van der Waals surface area contributed by atoms with Gasteiger partial charge in [0.05, 0.1) is 12.3 Å². The number of likely N-dealkylation sites (tertiary alicyclic amines) is 1. The lowest BCUT2D eigenvalue weighted by Crippen LogP contribution is -2.35. The van der Waals surface area contributed by atoms with Gasteiger partial charge in [-0.15, -0.1) is 0 Å². The summed E-state index contributed by atoms with van der Waals surface area (Å²) in [4.78, 5) is 18.1. The van der Waals surface area contributed by atoms with E-state index in [1.54, 1.807) is 11.0 Å². The Morgan fingerprint density at radius 1 is 1.50 bits per heavy atom. The molecule has 110 valence electrons. The smallest absolute Gasteiger partial charge is 0.410 e. The summed E-state index contributed by atoms with van der Waals surface area (Å²) in [5, 5.41) is 9.13. The highest BCUT2D eigenvalue weighted by atomic mass is 16.6. The fourth-order valence-electron chi connectivity index (χ4n) is 2.31. The third kappa shape index (κ3) is 3.70. The molecule has 1 aliphatic rings. The van der Waals surface area contributed by atoms with E-state index >= 15 is 0 Å². The number of nitrogens with zero attached hydrogens (tertiary/aromatic N) is 2. The van der Waals surface area contributed by atoms with Crippen molar-refractivity contribution in [2.24, 2.45) is 0 Å². The summed E-state index contributed by atoms with van der Waals surface area (Å²) in [6, 6.07) is 5.64. The molecule has 0 aromatic carbocycles. The Kier molecular flexibility index (Phi) is 4.28. The molecule has 1 fully saturated rings. The van der Waals surface area contributed by atoms with E-state index in [0.717, 1.165) is 12.1 Å². The molecule has 0 bridgehead atoms. The molecule has 5 nitrogen and oxygen atoms in total. The normalized spacial score (nSPS) is 19.2. The van der Waals surface area contributed by atoms with Gasteiger partial charge in [0.25, 0.3) is 0 Å². The Labute approximate surface area is 119 Å². The molecule has 1 aromatic rings. The van der Waals surface area contributed by atoms with Crippen LogP contribution in [0.4, 0.5) is 4.79 Å². The molecule has 5 heteroatoms. The number of hydrogen-bond donors (Lipinski definition) is 1. The van der Waals surface area contributed by atoms with Gasteiger partial charge in [0.2, 0.25) is 0 Å². The summed E-state index contributed by atoms with van der Waals surface area (Å²) in [5.41, 5.74) is 1.13. The van der Waals surface area contributed by atoms with E-state index < -0.39 is 5.60 Å². The van der Waals surface area contributed by atoms with Crippen LogP contribution in [0, 0.1) is 0 Å². The minimum Gasteiger partial charge on any atom is -0.444 e. The van der Waals surface area contributed by atoms with Crippen LogP contribution in [-0.2, 0) is 11.3 Å². The molecular weight excluding hydrogens is 256 g/mol. The highest BCUT2D eigenvalue weighted by Crippen LogP contribution is 2.27. The largest absolute Gasteiger partial charge is 0.444 e. The first-order chi connectivity index (χ1) is 9.39. The van der Waals surface area contributed by atoms with Crippen molar-refractivity contribution in [3.8, 4) is 0 Å². The molecule has 2 heterocycles. The second-order valence-corrected chi connectivity index (χ2v) is 6.12. The molecule has 1 saturated heterocycles. The molecule has 1 unspecified atom stereocenters. The van der Waals surface area contributed by atoms with Crippen LogP contribution in [0.2, 0.25) is 0 Å². The fraction of sp³-hybridized carbons (Fsp3) is 0.600. The van der Waals surface area contributed by atoms with Gasteiger partial charge in [0.1, 0.15) is 5.60 Å². The van der Waals surface area contributed by atoms with Crippen LogP contribution in [0.5, 0.6) is 0 Å². The van der Waals surface area contributed by atoms with Gasteiger partial charge in [-0.2, -0.15) is 0 Å². The first-order valence-corrected chi connectivity index (χ1v) is 6.93. The Balaban J connectivity index is 1.99. The second-order valence-electron chi connectivity index (χ2n) is 6.12. The minimum atomic E-state index is -0.468. The number of aliphatic hydroxyl groups is 1. The predicted molar refractivity (Wildman–Crippen MR) is 75.3 cm³/mol. The van der Waals surface area contributed by atoms with Gasteiger partial charge >= 0.3 is 6.09 Å². The molecule has 1 N–H and O–H groups in total. The van der Waals surface area contributed by atoms with E-state index in [0.29, 0.717) is 18.8 Å². The van der Waals surface area contributed by atoms with Gasteiger partial charge in [0.15, 0.2) is 0 Å². The zero-order chi connectivity index (χ0) is 14.8. The van der Waals surface area contributed by atoms with Crippen LogP contribution in [0.1, 0.15) is 44.5 Å². The molecular formula is C15H22N2O3. The van der Waals surface area contributed by atoms with Crippen molar-refractivity contribution in [1.82, 2.24) is 9.88 Å². The molecule has 2 rings (SSSR count). The first kappa shape index (κ1) is 14.8. The number of amides is 1. The monoisotopic (exact) mass is 278 g/mol. The van der Waals surface area contributed by atoms with Crippen LogP contribution in [0.15, 0.2) is 18.2 Å². The summed E-state index contributed by atoms with van der Waals surface area (Å²) in [5.74, 6) is 0.217. The van der Waals surface area contributed by atoms with Gasteiger partial charge in [0, 0.05) is 24.7 Å². The second kappa shape index (κ2) is 5.79. The van der Waals surface area contributed by atoms with Gasteiger partial charge in [-0.1, -0.05) is 6.07 Å². The Morgan fingerprint density at radius 2 is 2.25 bits per heavy atom. The van der Waals surface area contributed by atoms with Crippen molar-refractivity contribution in [2.45, 2.75) is 45.3 Å². The zero-order valence-corrected chi connectivity index (χ0v) is 12.3. The Bertz CT molecular complexity index is 482. The van der Waals surface area contributed by atoms with Crippen LogP contribution < -0.4 is 0 Å². The third-order valence-corrected chi connectivity index (χ3v) is 3.25. The van der Waals surface area contributed by atoms with Crippen molar-refractivity contribution in [3.63, 3.8) is 0 Å². The topological polar surface area (TPSA) is 62.7 Å². The summed E-state index contributed by atoms with van der Waals surface area (Å²) in [7, 11) is 0. The summed E-state index contributed by atoms with van der Waals surface area (Å²) in [6.07, 6.45) is 0.611. The summed E-state index contributed by atoms with van der Waals surface area (Å²) < 4.78 is 5.38. The SMILES string of the molecule is CC(C)(C)OC(=O)N1CCC(c2cccc(CO)n2)C1. The van der Waals surface area contributed by atoms with Crippen molar-refractivity contribution in [3.05, 3.63) is 29.6 Å². The van der Waals surface area contributed by atoms with Crippen LogP contribution in [0.25, 0.3) is 0 Å². The number of carbonyl (C=O) groups is 1. The van der Waals surface area contributed by atoms with E-state index in [9.17, 15) is 4.79 Å². The lowest BCUT2D eigenvalue weighted by atomic mass is 10.0. The van der Waals surface area contributed by atoms with Crippen LogP contribution in [-0.4, -0.2) is 39.8 Å². The molecule has 1 atom stereocenters. The molecule has 0 spiro atoms. The third-order valence-electron chi connectivity index (χ3n) is 3.25. The molecule has 0 saturated carbocycles. The lowest BCUT2D eigenvalue weighted by Gasteiger charge is -2.24. The summed E-state index contributed by atoms with van der Waals surface area (Å²) in [6.45, 7) is 6.85. The van der Waals surface area contributed by atoms with Gasteiger partial charge in [-0.25, -0.2) is 4.79 Å². The van der Waals surface area contributed by atoms with Crippen molar-refractivity contribution >= 4 is 6.09 Å². The molecule has 20 heavy (non-hydrogen) atoms. The van der Waals surface area contributed by atoms with E-state index in [2.05, 4.69) is 4.98 Å². The quantitative estimate of drug-likeness (QED) is 0.901. The van der Waals surface area contributed by atoms with E-state index in [4.69, 9.17) is 9.84 Å². The number of ether oxygens (including phenoxy) is 1. The maximum absolute atomic E-state index is 12.0. The number of carbonyl (C=O) groups excluding carboxylic acids is 1. The van der Waals surface area contributed by atoms with Gasteiger partial charge in [-0.05, 0) is 39.3 Å². The highest BCUT2D eigenvalue weighted by Gasteiger charge is 2.31. The van der Waals surface area contributed by atoms with E-state index in [-0.39, 0.29) is 18.6 Å². The summed E-state index contributed by atoms with van der Waals surface area (Å²) >= 11 is 0. The standard InChI is InChI=1S/C15H22N2O3/c1-15(2,3)20-14(19)17-8-7-11(9-17)13-6-4-5-12(10-18)16-13/h4-6,11,18H,7-10H2,1-3H3. The van der Waals surface area contributed by atoms with Gasteiger partial charge < -0.3 is 14.7 Å². The zero-order valence-electron chi connectivity index (χ0n) is 12.3. The average molecular weight is 278 g/mol. The van der Waals surface area contributed by atoms with E-state index in [1.165, 1.54) is 0 Å². The molecule has 0 aliphatic carbocycles. The van der Waals surface area contributed by atoms with Crippen LogP contribution >= 0.6 is 0 Å². The number of hydrogen-bond acceptors (Lipinski definition) is 4. The maximum Gasteiger partial charge on any atom is 0.410 e.